The fourth-order valence-electron chi connectivity index (χ4n) is 1.83. The molecule has 0 radical (unpaired) electrons. The number of phenols is 1. The first-order valence-corrected chi connectivity index (χ1v) is 8.26. The van der Waals surface area contributed by atoms with Gasteiger partial charge in [-0.05, 0) is 24.6 Å². The molecule has 2 rings (SSSR count). The smallest absolute Gasteiger partial charge is 0.295 e. The van der Waals surface area contributed by atoms with E-state index >= 15 is 0 Å². The number of aromatic hydroxyl groups is 1. The Morgan fingerprint density at radius 3 is 2.30 bits per heavy atom. The summed E-state index contributed by atoms with van der Waals surface area (Å²) in [5, 5.41) is 9.93. The van der Waals surface area contributed by atoms with Crippen LogP contribution in [0.3, 0.4) is 0 Å². The van der Waals surface area contributed by atoms with Gasteiger partial charge in [-0.2, -0.15) is 8.42 Å². The van der Waals surface area contributed by atoms with Crippen LogP contribution in [0.1, 0.15) is 0 Å². The van der Waals surface area contributed by atoms with E-state index < -0.39 is 30.8 Å². The highest BCUT2D eigenvalue weighted by atomic mass is 32.2. The van der Waals surface area contributed by atoms with Gasteiger partial charge in [0.2, 0.25) is 10.0 Å². The molecule has 2 aromatic rings. The third-order valence-electron chi connectivity index (χ3n) is 2.75. The number of fused-ring (bicyclic) bond motifs is 1. The molecule has 0 fully saturated rings. The van der Waals surface area contributed by atoms with Gasteiger partial charge in [0.05, 0.1) is 4.90 Å². The Bertz CT molecular complexity index is 887. The second-order valence-corrected chi connectivity index (χ2v) is 7.26. The normalized spacial score (nSPS) is 12.7. The summed E-state index contributed by atoms with van der Waals surface area (Å²) in [4.78, 5) is -0.696. The first-order chi connectivity index (χ1) is 9.16. The van der Waals surface area contributed by atoms with E-state index in [0.717, 1.165) is 12.1 Å². The van der Waals surface area contributed by atoms with E-state index in [1.165, 1.54) is 25.2 Å². The summed E-state index contributed by atoms with van der Waals surface area (Å²) in [5.41, 5.74) is 0. The highest BCUT2D eigenvalue weighted by Crippen LogP contribution is 2.33. The van der Waals surface area contributed by atoms with Gasteiger partial charge in [-0.1, -0.05) is 12.1 Å². The molecule has 0 spiro atoms. The molecule has 108 valence electrons. The minimum atomic E-state index is -4.53. The van der Waals surface area contributed by atoms with Crippen molar-refractivity contribution < 1.29 is 26.5 Å². The number of rotatable bonds is 3. The Morgan fingerprint density at radius 2 is 1.75 bits per heavy atom. The summed E-state index contributed by atoms with van der Waals surface area (Å²) in [6, 6.07) is 6.00. The van der Waals surface area contributed by atoms with E-state index in [1.807, 2.05) is 0 Å². The molecule has 0 amide bonds. The van der Waals surface area contributed by atoms with Crippen LogP contribution >= 0.6 is 0 Å². The van der Waals surface area contributed by atoms with Gasteiger partial charge in [-0.25, -0.2) is 13.1 Å². The molecule has 0 aliphatic carbocycles. The van der Waals surface area contributed by atoms with Gasteiger partial charge in [0.25, 0.3) is 10.1 Å². The van der Waals surface area contributed by atoms with Crippen molar-refractivity contribution in [1.29, 1.82) is 0 Å². The zero-order valence-electron chi connectivity index (χ0n) is 10.2. The van der Waals surface area contributed by atoms with Crippen LogP contribution in [-0.4, -0.2) is 33.5 Å². The van der Waals surface area contributed by atoms with Crippen molar-refractivity contribution in [2.24, 2.45) is 0 Å². The number of phenolic OH excluding ortho intramolecular Hbond substituents is 1. The molecule has 0 atom stereocenters. The fourth-order valence-corrected chi connectivity index (χ4v) is 3.35. The quantitative estimate of drug-likeness (QED) is 0.717. The van der Waals surface area contributed by atoms with Crippen molar-refractivity contribution in [3.05, 3.63) is 30.3 Å². The lowest BCUT2D eigenvalue weighted by molar-refractivity contribution is 0.473. The predicted octanol–water partition coefficient (Wildman–Crippen LogP) is 0.700. The molecule has 3 N–H and O–H groups in total. The molecule has 0 aliphatic heterocycles. The number of benzene rings is 2. The first kappa shape index (κ1) is 14.7. The van der Waals surface area contributed by atoms with Gasteiger partial charge in [-0.3, -0.25) is 4.55 Å². The van der Waals surface area contributed by atoms with Gasteiger partial charge >= 0.3 is 0 Å². The highest BCUT2D eigenvalue weighted by molar-refractivity contribution is 7.89. The number of hydrogen-bond donors (Lipinski definition) is 3. The molecule has 9 heteroatoms. The fraction of sp³-hybridized carbons (Fsp3) is 0.0909. The van der Waals surface area contributed by atoms with Gasteiger partial charge < -0.3 is 5.11 Å². The van der Waals surface area contributed by atoms with Crippen molar-refractivity contribution >= 4 is 30.9 Å². The van der Waals surface area contributed by atoms with E-state index in [1.54, 1.807) is 0 Å². The molecule has 0 saturated carbocycles. The summed E-state index contributed by atoms with van der Waals surface area (Å²) in [5.74, 6) is -0.551. The average Bonchev–Trinajstić information content (AvgIpc) is 2.36. The van der Waals surface area contributed by atoms with Crippen LogP contribution in [0, 0.1) is 0 Å². The third-order valence-corrected chi connectivity index (χ3v) is 5.04. The second kappa shape index (κ2) is 4.70. The second-order valence-electron chi connectivity index (χ2n) is 3.98. The summed E-state index contributed by atoms with van der Waals surface area (Å²) >= 11 is 0. The van der Waals surface area contributed by atoms with Crippen LogP contribution in [-0.2, 0) is 20.1 Å². The number of nitrogens with one attached hydrogen (secondary N) is 1. The Kier molecular flexibility index (Phi) is 3.46. The lowest BCUT2D eigenvalue weighted by Gasteiger charge is -2.09. The van der Waals surface area contributed by atoms with Gasteiger partial charge in [-0.15, -0.1) is 0 Å². The Labute approximate surface area is 115 Å². The van der Waals surface area contributed by atoms with Crippen molar-refractivity contribution in [1.82, 2.24) is 4.72 Å². The van der Waals surface area contributed by atoms with Crippen LogP contribution in [0.15, 0.2) is 40.1 Å². The minimum absolute atomic E-state index is 0.134. The van der Waals surface area contributed by atoms with Crippen molar-refractivity contribution in [2.45, 2.75) is 9.79 Å². The summed E-state index contributed by atoms with van der Waals surface area (Å²) in [7, 11) is -7.10. The van der Waals surface area contributed by atoms with E-state index in [9.17, 15) is 21.9 Å². The standard InChI is InChI=1S/C11H11NO6S2/c1-12-19(14,15)8-5-7-3-2-4-10(20(16,17)18)11(7)9(13)6-8/h2-6,12-13H,1H3,(H,16,17,18). The molecule has 2 aromatic carbocycles. The highest BCUT2D eigenvalue weighted by Gasteiger charge is 2.20. The minimum Gasteiger partial charge on any atom is -0.507 e. The largest absolute Gasteiger partial charge is 0.507 e. The van der Waals surface area contributed by atoms with Crippen LogP contribution in [0.5, 0.6) is 5.75 Å². The van der Waals surface area contributed by atoms with Crippen molar-refractivity contribution in [3.63, 3.8) is 0 Å². The summed E-state index contributed by atoms with van der Waals surface area (Å²) in [6.07, 6.45) is 0. The maximum absolute atomic E-state index is 11.7. The molecule has 0 unspecified atom stereocenters. The molecule has 0 bridgehead atoms. The van der Waals surface area contributed by atoms with E-state index in [-0.39, 0.29) is 15.7 Å². The number of hydrogen-bond acceptors (Lipinski definition) is 5. The monoisotopic (exact) mass is 317 g/mol. The van der Waals surface area contributed by atoms with Crippen LogP contribution in [0.4, 0.5) is 0 Å². The number of sulfonamides is 1. The lowest BCUT2D eigenvalue weighted by Crippen LogP contribution is -2.18. The SMILES string of the molecule is CNS(=O)(=O)c1cc(O)c2c(S(=O)(=O)O)cccc2c1. The molecule has 7 nitrogen and oxygen atoms in total. The Morgan fingerprint density at radius 1 is 1.10 bits per heavy atom. The van der Waals surface area contributed by atoms with Gasteiger partial charge in [0.1, 0.15) is 10.6 Å². The molecule has 0 heterocycles. The van der Waals surface area contributed by atoms with Gasteiger partial charge in [0.15, 0.2) is 0 Å². The van der Waals surface area contributed by atoms with E-state index in [4.69, 9.17) is 4.55 Å². The molecule has 0 aliphatic rings. The maximum Gasteiger partial charge on any atom is 0.295 e. The molecule has 0 saturated heterocycles. The lowest BCUT2D eigenvalue weighted by atomic mass is 10.1. The zero-order valence-corrected chi connectivity index (χ0v) is 11.9. The average molecular weight is 317 g/mol. The summed E-state index contributed by atoms with van der Waals surface area (Å²) < 4.78 is 57.1. The van der Waals surface area contributed by atoms with E-state index in [0.29, 0.717) is 0 Å². The van der Waals surface area contributed by atoms with Crippen LogP contribution < -0.4 is 4.72 Å². The Balaban J connectivity index is 2.91. The topological polar surface area (TPSA) is 121 Å². The third kappa shape index (κ3) is 2.48. The van der Waals surface area contributed by atoms with Crippen LogP contribution in [0.25, 0.3) is 10.8 Å². The Hall–Kier alpha value is -1.68. The van der Waals surface area contributed by atoms with Crippen molar-refractivity contribution in [2.75, 3.05) is 7.05 Å². The molecular formula is C11H11NO6S2. The predicted molar refractivity (Wildman–Crippen MR) is 71.7 cm³/mol. The van der Waals surface area contributed by atoms with Gasteiger partial charge in [0, 0.05) is 11.5 Å². The molecule has 0 aromatic heterocycles. The maximum atomic E-state index is 11.7. The summed E-state index contributed by atoms with van der Waals surface area (Å²) in [6.45, 7) is 0. The first-order valence-electron chi connectivity index (χ1n) is 5.33. The van der Waals surface area contributed by atoms with Crippen molar-refractivity contribution in [3.8, 4) is 5.75 Å². The zero-order chi connectivity index (χ0) is 15.1. The molecule has 20 heavy (non-hydrogen) atoms. The van der Waals surface area contributed by atoms with Crippen LogP contribution in [0.2, 0.25) is 0 Å². The van der Waals surface area contributed by atoms with E-state index in [2.05, 4.69) is 4.72 Å². The molecular weight excluding hydrogens is 306 g/mol.